The highest BCUT2D eigenvalue weighted by Crippen LogP contribution is 2.48. The summed E-state index contributed by atoms with van der Waals surface area (Å²) >= 11 is 0. The Morgan fingerprint density at radius 3 is 1.92 bits per heavy atom. The SMILES string of the molecule is CC/C=C(\C=C(\CCC)COC(C)=O)C(O)(C(F)(F)F)C(F)(F)F. The third-order valence-corrected chi connectivity index (χ3v) is 3.05. The lowest BCUT2D eigenvalue weighted by molar-refractivity contribution is -0.351. The number of esters is 1. The zero-order chi connectivity index (χ0) is 19.2. The molecule has 0 saturated carbocycles. The Bertz CT molecular complexity index is 474. The number of hydrogen-bond acceptors (Lipinski definition) is 3. The number of carbonyl (C=O) groups is 1. The van der Waals surface area contributed by atoms with Crippen LogP contribution < -0.4 is 0 Å². The zero-order valence-corrected chi connectivity index (χ0v) is 13.5. The van der Waals surface area contributed by atoms with Gasteiger partial charge in [-0.05, 0) is 24.0 Å². The first-order valence-corrected chi connectivity index (χ1v) is 7.20. The summed E-state index contributed by atoms with van der Waals surface area (Å²) in [6.07, 6.45) is -10.3. The Balaban J connectivity index is 6.10. The van der Waals surface area contributed by atoms with Gasteiger partial charge in [-0.3, -0.25) is 4.79 Å². The molecule has 0 aliphatic heterocycles. The van der Waals surface area contributed by atoms with Crippen molar-refractivity contribution >= 4 is 5.97 Å². The molecule has 0 spiro atoms. The van der Waals surface area contributed by atoms with Gasteiger partial charge in [0.05, 0.1) is 0 Å². The van der Waals surface area contributed by atoms with Crippen molar-refractivity contribution in [3.63, 3.8) is 0 Å². The summed E-state index contributed by atoms with van der Waals surface area (Å²) in [5.41, 5.74) is -6.29. The molecule has 0 saturated heterocycles. The summed E-state index contributed by atoms with van der Waals surface area (Å²) in [5, 5.41) is 9.50. The van der Waals surface area contributed by atoms with Gasteiger partial charge in [0.2, 0.25) is 0 Å². The van der Waals surface area contributed by atoms with Crippen molar-refractivity contribution in [1.29, 1.82) is 0 Å². The van der Waals surface area contributed by atoms with E-state index in [0.717, 1.165) is 6.92 Å². The van der Waals surface area contributed by atoms with Crippen molar-refractivity contribution in [2.24, 2.45) is 0 Å². The van der Waals surface area contributed by atoms with E-state index in [0.29, 0.717) is 18.6 Å². The van der Waals surface area contributed by atoms with Crippen molar-refractivity contribution in [2.45, 2.75) is 58.0 Å². The lowest BCUT2D eigenvalue weighted by atomic mass is 9.89. The van der Waals surface area contributed by atoms with Crippen LogP contribution in [0.25, 0.3) is 0 Å². The van der Waals surface area contributed by atoms with Crippen LogP contribution in [0.1, 0.15) is 40.0 Å². The lowest BCUT2D eigenvalue weighted by Crippen LogP contribution is -2.58. The van der Waals surface area contributed by atoms with Gasteiger partial charge in [-0.2, -0.15) is 26.3 Å². The summed E-state index contributed by atoms with van der Waals surface area (Å²) in [7, 11) is 0. The maximum Gasteiger partial charge on any atom is 0.430 e. The van der Waals surface area contributed by atoms with Gasteiger partial charge in [0.25, 0.3) is 5.60 Å². The molecular formula is C15H20F6O3. The molecule has 0 aliphatic rings. The molecule has 0 fully saturated rings. The molecule has 0 radical (unpaired) electrons. The van der Waals surface area contributed by atoms with E-state index >= 15 is 0 Å². The van der Waals surface area contributed by atoms with Crippen molar-refractivity contribution in [2.75, 3.05) is 6.61 Å². The average Bonchev–Trinajstić information content (AvgIpc) is 2.40. The number of aliphatic hydroxyl groups is 1. The fraction of sp³-hybridized carbons (Fsp3) is 0.667. The fourth-order valence-electron chi connectivity index (χ4n) is 1.94. The van der Waals surface area contributed by atoms with Crippen LogP contribution in [0.4, 0.5) is 26.3 Å². The van der Waals surface area contributed by atoms with Gasteiger partial charge in [0.1, 0.15) is 6.61 Å². The largest absolute Gasteiger partial charge is 0.461 e. The van der Waals surface area contributed by atoms with E-state index in [1.165, 1.54) is 6.92 Å². The molecule has 24 heavy (non-hydrogen) atoms. The molecule has 0 heterocycles. The highest BCUT2D eigenvalue weighted by molar-refractivity contribution is 5.66. The Hall–Kier alpha value is -1.51. The van der Waals surface area contributed by atoms with Crippen LogP contribution in [0.2, 0.25) is 0 Å². The van der Waals surface area contributed by atoms with E-state index in [1.54, 1.807) is 6.92 Å². The number of ether oxygens (including phenoxy) is 1. The Morgan fingerprint density at radius 2 is 1.58 bits per heavy atom. The molecule has 9 heteroatoms. The number of carbonyl (C=O) groups excluding carboxylic acids is 1. The molecule has 0 aromatic heterocycles. The molecule has 0 aromatic carbocycles. The van der Waals surface area contributed by atoms with Crippen LogP contribution in [-0.2, 0) is 9.53 Å². The van der Waals surface area contributed by atoms with Crippen LogP contribution >= 0.6 is 0 Å². The highest BCUT2D eigenvalue weighted by Gasteiger charge is 2.71. The zero-order valence-electron chi connectivity index (χ0n) is 13.5. The molecule has 0 amide bonds. The topological polar surface area (TPSA) is 46.5 Å². The minimum atomic E-state index is -5.96. The highest BCUT2D eigenvalue weighted by atomic mass is 19.4. The van der Waals surface area contributed by atoms with E-state index in [4.69, 9.17) is 0 Å². The first-order chi connectivity index (χ1) is 10.8. The third kappa shape index (κ3) is 5.54. The number of halogens is 6. The standard InChI is InChI=1S/C15H20F6O3/c1-4-6-11(9-24-10(3)22)8-12(7-5-2)13(23,14(16,17)18)15(19,20)21/h7-8,23H,4-6,9H2,1-3H3/b11-8-,12-7+. The predicted molar refractivity (Wildman–Crippen MR) is 75.1 cm³/mol. The molecule has 1 N–H and O–H groups in total. The first-order valence-electron chi connectivity index (χ1n) is 7.20. The normalized spacial score (nSPS) is 14.8. The molecule has 3 nitrogen and oxygen atoms in total. The van der Waals surface area contributed by atoms with Gasteiger partial charge >= 0.3 is 18.3 Å². The Kier molecular flexibility index (Phi) is 8.01. The van der Waals surface area contributed by atoms with Gasteiger partial charge < -0.3 is 9.84 Å². The minimum Gasteiger partial charge on any atom is -0.461 e. The van der Waals surface area contributed by atoms with Crippen LogP contribution in [0.15, 0.2) is 23.3 Å². The number of rotatable bonds is 7. The molecule has 0 rings (SSSR count). The van der Waals surface area contributed by atoms with Crippen LogP contribution in [0.3, 0.4) is 0 Å². The summed E-state index contributed by atoms with van der Waals surface area (Å²) in [5.74, 6) is -0.722. The maximum absolute atomic E-state index is 13.0. The second-order valence-electron chi connectivity index (χ2n) is 5.11. The molecule has 0 atom stereocenters. The first kappa shape index (κ1) is 22.5. The number of hydrogen-bond donors (Lipinski definition) is 1. The van der Waals surface area contributed by atoms with E-state index in [9.17, 15) is 36.2 Å². The van der Waals surface area contributed by atoms with Gasteiger partial charge in [0.15, 0.2) is 0 Å². The maximum atomic E-state index is 13.0. The molecular weight excluding hydrogens is 342 g/mol. The van der Waals surface area contributed by atoms with Gasteiger partial charge in [-0.25, -0.2) is 0 Å². The van der Waals surface area contributed by atoms with Crippen molar-refractivity contribution in [3.05, 3.63) is 23.3 Å². The van der Waals surface area contributed by atoms with Crippen LogP contribution in [0, 0.1) is 0 Å². The lowest BCUT2D eigenvalue weighted by Gasteiger charge is -2.33. The van der Waals surface area contributed by atoms with E-state index < -0.39 is 36.1 Å². The summed E-state index contributed by atoms with van der Waals surface area (Å²) in [6.45, 7) is 3.61. The summed E-state index contributed by atoms with van der Waals surface area (Å²) in [4.78, 5) is 10.8. The number of allylic oxidation sites excluding steroid dienone is 1. The van der Waals surface area contributed by atoms with Crippen LogP contribution in [-0.4, -0.2) is 35.6 Å². The van der Waals surface area contributed by atoms with E-state index in [-0.39, 0.29) is 18.4 Å². The average molecular weight is 362 g/mol. The van der Waals surface area contributed by atoms with Gasteiger partial charge in [-0.1, -0.05) is 32.4 Å². The second-order valence-corrected chi connectivity index (χ2v) is 5.11. The fourth-order valence-corrected chi connectivity index (χ4v) is 1.94. The quantitative estimate of drug-likeness (QED) is 0.413. The second kappa shape index (κ2) is 8.55. The Labute approximate surface area is 136 Å². The Morgan fingerprint density at radius 1 is 1.08 bits per heavy atom. The van der Waals surface area contributed by atoms with E-state index in [1.807, 2.05) is 0 Å². The van der Waals surface area contributed by atoms with Crippen LogP contribution in [0.5, 0.6) is 0 Å². The molecule has 0 bridgehead atoms. The van der Waals surface area contributed by atoms with Crippen molar-refractivity contribution in [3.8, 4) is 0 Å². The minimum absolute atomic E-state index is 0.0410. The smallest absolute Gasteiger partial charge is 0.430 e. The molecule has 0 aliphatic carbocycles. The van der Waals surface area contributed by atoms with E-state index in [2.05, 4.69) is 4.74 Å². The molecule has 140 valence electrons. The summed E-state index contributed by atoms with van der Waals surface area (Å²) in [6, 6.07) is 0. The number of alkyl halides is 6. The molecule has 0 aromatic rings. The summed E-state index contributed by atoms with van der Waals surface area (Å²) < 4.78 is 82.6. The van der Waals surface area contributed by atoms with Gasteiger partial charge in [-0.15, -0.1) is 0 Å². The third-order valence-electron chi connectivity index (χ3n) is 3.05. The predicted octanol–water partition coefficient (Wildman–Crippen LogP) is 4.47. The monoisotopic (exact) mass is 362 g/mol. The van der Waals surface area contributed by atoms with Gasteiger partial charge in [0, 0.05) is 6.92 Å². The van der Waals surface area contributed by atoms with Crippen molar-refractivity contribution < 1.29 is 41.0 Å². The van der Waals surface area contributed by atoms with Crippen molar-refractivity contribution in [1.82, 2.24) is 0 Å². The molecule has 0 unspecified atom stereocenters.